The van der Waals surface area contributed by atoms with Gasteiger partial charge in [0.1, 0.15) is 0 Å². The van der Waals surface area contributed by atoms with Crippen molar-refractivity contribution >= 4 is 11.8 Å². The fourth-order valence-electron chi connectivity index (χ4n) is 1.71. The average molecular weight is 268 g/mol. The highest BCUT2D eigenvalue weighted by Crippen LogP contribution is 2.20. The van der Waals surface area contributed by atoms with Crippen molar-refractivity contribution in [3.8, 4) is 0 Å². The number of alkyl halides is 3. The highest BCUT2D eigenvalue weighted by molar-refractivity contribution is 5.89. The van der Waals surface area contributed by atoms with Gasteiger partial charge in [-0.05, 0) is 6.92 Å². The molecule has 0 aromatic heterocycles. The van der Waals surface area contributed by atoms with Gasteiger partial charge in [0.05, 0.1) is 12.5 Å². The number of aliphatic hydroxyl groups is 1. The van der Waals surface area contributed by atoms with Crippen molar-refractivity contribution in [1.82, 2.24) is 10.2 Å². The van der Waals surface area contributed by atoms with E-state index < -0.39 is 30.7 Å². The summed E-state index contributed by atoms with van der Waals surface area (Å²) in [5.74, 6) is -1.46. The Morgan fingerprint density at radius 1 is 1.61 bits per heavy atom. The first kappa shape index (κ1) is 14.7. The minimum absolute atomic E-state index is 0.00177. The minimum atomic E-state index is -4.76. The molecule has 1 rings (SSSR count). The van der Waals surface area contributed by atoms with Crippen LogP contribution < -0.4 is 5.32 Å². The Labute approximate surface area is 102 Å². The predicted molar refractivity (Wildman–Crippen MR) is 55.4 cm³/mol. The summed E-state index contributed by atoms with van der Waals surface area (Å²) in [5, 5.41) is 10.7. The quantitative estimate of drug-likeness (QED) is 0.747. The number of nitrogens with one attached hydrogen (secondary N) is 1. The molecule has 1 heterocycles. The topological polar surface area (TPSA) is 69.6 Å². The minimum Gasteiger partial charge on any atom is -0.382 e. The van der Waals surface area contributed by atoms with Gasteiger partial charge >= 0.3 is 6.18 Å². The molecule has 2 unspecified atom stereocenters. The number of halogens is 3. The zero-order valence-corrected chi connectivity index (χ0v) is 9.83. The Bertz CT molecular complexity index is 333. The molecule has 0 aromatic rings. The number of hydrogen-bond acceptors (Lipinski definition) is 3. The van der Waals surface area contributed by atoms with Crippen LogP contribution in [-0.4, -0.2) is 53.7 Å². The van der Waals surface area contributed by atoms with Gasteiger partial charge < -0.3 is 15.3 Å². The van der Waals surface area contributed by atoms with Gasteiger partial charge in [0, 0.05) is 19.5 Å². The maximum atomic E-state index is 12.0. The van der Waals surface area contributed by atoms with Crippen molar-refractivity contribution in [2.24, 2.45) is 5.92 Å². The zero-order chi connectivity index (χ0) is 13.9. The Morgan fingerprint density at radius 2 is 2.22 bits per heavy atom. The number of hydrogen-bond donors (Lipinski definition) is 2. The van der Waals surface area contributed by atoms with Gasteiger partial charge in [-0.2, -0.15) is 13.2 Å². The lowest BCUT2D eigenvalue weighted by Gasteiger charge is -2.17. The molecule has 5 nitrogen and oxygen atoms in total. The lowest BCUT2D eigenvalue weighted by atomic mass is 10.1. The molecule has 0 saturated carbocycles. The Hall–Kier alpha value is -1.31. The molecule has 8 heteroatoms. The normalized spacial score (nSPS) is 22.2. The van der Waals surface area contributed by atoms with E-state index in [0.717, 1.165) is 0 Å². The average Bonchev–Trinajstić information content (AvgIpc) is 2.65. The van der Waals surface area contributed by atoms with Crippen molar-refractivity contribution < 1.29 is 27.9 Å². The molecule has 1 aliphatic heterocycles. The summed E-state index contributed by atoms with van der Waals surface area (Å²) in [6.45, 7) is 1.54. The second kappa shape index (κ2) is 5.55. The van der Waals surface area contributed by atoms with E-state index in [0.29, 0.717) is 6.54 Å². The second-order valence-electron chi connectivity index (χ2n) is 4.14. The molecular formula is C10H15F3N2O3. The third-order valence-corrected chi connectivity index (χ3v) is 2.81. The number of carbonyl (C=O) groups is 2. The second-order valence-corrected chi connectivity index (χ2v) is 4.14. The van der Waals surface area contributed by atoms with Crippen LogP contribution in [0.4, 0.5) is 13.2 Å². The van der Waals surface area contributed by atoms with E-state index >= 15 is 0 Å². The largest absolute Gasteiger partial charge is 0.416 e. The Morgan fingerprint density at radius 3 is 2.67 bits per heavy atom. The van der Waals surface area contributed by atoms with Crippen molar-refractivity contribution in [2.75, 3.05) is 19.6 Å². The molecule has 104 valence electrons. The van der Waals surface area contributed by atoms with Crippen molar-refractivity contribution in [3.05, 3.63) is 0 Å². The zero-order valence-electron chi connectivity index (χ0n) is 9.83. The molecule has 0 bridgehead atoms. The monoisotopic (exact) mass is 268 g/mol. The van der Waals surface area contributed by atoms with Gasteiger partial charge in [-0.3, -0.25) is 9.59 Å². The van der Waals surface area contributed by atoms with Crippen LogP contribution in [0.3, 0.4) is 0 Å². The Kier molecular flexibility index (Phi) is 4.55. The lowest BCUT2D eigenvalue weighted by Crippen LogP contribution is -2.43. The molecule has 18 heavy (non-hydrogen) atoms. The van der Waals surface area contributed by atoms with Gasteiger partial charge in [-0.1, -0.05) is 0 Å². The summed E-state index contributed by atoms with van der Waals surface area (Å²) in [6.07, 6.45) is -7.34. The van der Waals surface area contributed by atoms with Crippen molar-refractivity contribution in [1.29, 1.82) is 0 Å². The molecule has 2 atom stereocenters. The van der Waals surface area contributed by atoms with E-state index in [9.17, 15) is 22.8 Å². The molecule has 0 aliphatic carbocycles. The van der Waals surface area contributed by atoms with Gasteiger partial charge in [-0.15, -0.1) is 0 Å². The van der Waals surface area contributed by atoms with Gasteiger partial charge in [0.15, 0.2) is 6.10 Å². The summed E-state index contributed by atoms with van der Waals surface area (Å²) in [6, 6.07) is 0. The smallest absolute Gasteiger partial charge is 0.382 e. The first-order valence-electron chi connectivity index (χ1n) is 5.56. The van der Waals surface area contributed by atoms with Crippen LogP contribution in [0.25, 0.3) is 0 Å². The van der Waals surface area contributed by atoms with Crippen molar-refractivity contribution in [3.63, 3.8) is 0 Å². The number of rotatable bonds is 4. The summed E-state index contributed by atoms with van der Waals surface area (Å²) in [7, 11) is 0. The standard InChI is InChI=1S/C10H15F3N2O3/c1-2-15-5-6(3-8(15)17)9(18)14-4-7(16)10(11,12)13/h6-7,16H,2-5H2,1H3,(H,14,18). The SMILES string of the molecule is CCN1CC(C(=O)NCC(O)C(F)(F)F)CC1=O. The van der Waals surface area contributed by atoms with E-state index in [1.54, 1.807) is 6.92 Å². The van der Waals surface area contributed by atoms with Gasteiger partial charge in [-0.25, -0.2) is 0 Å². The van der Waals surface area contributed by atoms with Crippen LogP contribution >= 0.6 is 0 Å². The molecule has 0 spiro atoms. The van der Waals surface area contributed by atoms with Crippen LogP contribution in [0.2, 0.25) is 0 Å². The van der Waals surface area contributed by atoms with E-state index in [2.05, 4.69) is 0 Å². The summed E-state index contributed by atoms with van der Waals surface area (Å²) in [4.78, 5) is 24.3. The number of carbonyl (C=O) groups excluding carboxylic acids is 2. The highest BCUT2D eigenvalue weighted by Gasteiger charge is 2.39. The molecule has 2 amide bonds. The van der Waals surface area contributed by atoms with Crippen molar-refractivity contribution in [2.45, 2.75) is 25.6 Å². The Balaban J connectivity index is 2.41. The molecule has 2 N–H and O–H groups in total. The molecule has 1 aliphatic rings. The first-order chi connectivity index (χ1) is 8.25. The summed E-state index contributed by atoms with van der Waals surface area (Å²) >= 11 is 0. The van der Waals surface area contributed by atoms with Crippen LogP contribution in [0, 0.1) is 5.92 Å². The first-order valence-corrected chi connectivity index (χ1v) is 5.56. The maximum Gasteiger partial charge on any atom is 0.416 e. The number of amides is 2. The summed E-state index contributed by atoms with van der Waals surface area (Å²) in [5.41, 5.74) is 0. The van der Waals surface area contributed by atoms with E-state index in [4.69, 9.17) is 5.11 Å². The maximum absolute atomic E-state index is 12.0. The molecular weight excluding hydrogens is 253 g/mol. The van der Waals surface area contributed by atoms with Crippen LogP contribution in [0.1, 0.15) is 13.3 Å². The number of likely N-dealkylation sites (tertiary alicyclic amines) is 1. The molecule has 1 saturated heterocycles. The van der Waals surface area contributed by atoms with Crippen LogP contribution in [-0.2, 0) is 9.59 Å². The number of nitrogens with zero attached hydrogens (tertiary/aromatic N) is 1. The lowest BCUT2D eigenvalue weighted by molar-refractivity contribution is -0.202. The predicted octanol–water partition coefficient (Wildman–Crippen LogP) is -0.106. The van der Waals surface area contributed by atoms with Crippen LogP contribution in [0.15, 0.2) is 0 Å². The van der Waals surface area contributed by atoms with Crippen LogP contribution in [0.5, 0.6) is 0 Å². The van der Waals surface area contributed by atoms with Gasteiger partial charge in [0.2, 0.25) is 11.8 Å². The van der Waals surface area contributed by atoms with Gasteiger partial charge in [0.25, 0.3) is 0 Å². The molecule has 1 fully saturated rings. The van der Waals surface area contributed by atoms with E-state index in [-0.39, 0.29) is 18.9 Å². The highest BCUT2D eigenvalue weighted by atomic mass is 19.4. The molecule has 0 aromatic carbocycles. The fraction of sp³-hybridized carbons (Fsp3) is 0.800. The summed E-state index contributed by atoms with van der Waals surface area (Å²) < 4.78 is 36.0. The molecule has 0 radical (unpaired) electrons. The fourth-order valence-corrected chi connectivity index (χ4v) is 1.71. The van der Waals surface area contributed by atoms with E-state index in [1.807, 2.05) is 5.32 Å². The third-order valence-electron chi connectivity index (χ3n) is 2.81. The number of aliphatic hydroxyl groups excluding tert-OH is 1. The third kappa shape index (κ3) is 3.59. The van der Waals surface area contributed by atoms with E-state index in [1.165, 1.54) is 4.90 Å².